The summed E-state index contributed by atoms with van der Waals surface area (Å²) in [6.45, 7) is 3.88. The highest BCUT2D eigenvalue weighted by Crippen LogP contribution is 2.15. The molecule has 1 aliphatic heterocycles. The van der Waals surface area contributed by atoms with Crippen LogP contribution in [0.5, 0.6) is 0 Å². The molecule has 1 aromatic heterocycles. The molecule has 0 N–H and O–H groups in total. The average Bonchev–Trinajstić information content (AvgIpc) is 3.28. The third-order valence-electron chi connectivity index (χ3n) is 5.37. The Kier molecular flexibility index (Phi) is 5.61. The van der Waals surface area contributed by atoms with Crippen molar-refractivity contribution in [1.29, 1.82) is 0 Å². The van der Waals surface area contributed by atoms with Crippen LogP contribution in [0.2, 0.25) is 0 Å². The van der Waals surface area contributed by atoms with Crippen molar-refractivity contribution in [2.75, 3.05) is 26.2 Å². The van der Waals surface area contributed by atoms with Crippen molar-refractivity contribution in [2.45, 2.75) is 13.3 Å². The van der Waals surface area contributed by atoms with Crippen LogP contribution < -0.4 is 0 Å². The summed E-state index contributed by atoms with van der Waals surface area (Å²) >= 11 is 0. The molecule has 6 nitrogen and oxygen atoms in total. The third-order valence-corrected chi connectivity index (χ3v) is 5.37. The normalized spacial score (nSPS) is 14.1. The van der Waals surface area contributed by atoms with Gasteiger partial charge in [0.25, 0.3) is 11.8 Å². The van der Waals surface area contributed by atoms with E-state index < -0.39 is 5.82 Å². The zero-order chi connectivity index (χ0) is 21.1. The molecule has 1 saturated heterocycles. The first-order chi connectivity index (χ1) is 14.6. The Morgan fingerprint density at radius 1 is 0.900 bits per heavy atom. The monoisotopic (exact) mass is 406 g/mol. The number of carbonyl (C=O) groups is 2. The standard InChI is InChI=1S/C23H23FN4O2/c1-2-17-7-9-18(10-8-17)22(29)26-13-15-27(16-14-26)23(30)20-11-12-28(25-20)21-6-4-3-5-19(21)24/h3-12H,2,13-16H2,1H3. The number of hydrogen-bond donors (Lipinski definition) is 0. The molecule has 30 heavy (non-hydrogen) atoms. The maximum absolute atomic E-state index is 13.9. The fourth-order valence-corrected chi connectivity index (χ4v) is 3.55. The van der Waals surface area contributed by atoms with Gasteiger partial charge in [-0.3, -0.25) is 9.59 Å². The van der Waals surface area contributed by atoms with Gasteiger partial charge in [-0.05, 0) is 42.3 Å². The summed E-state index contributed by atoms with van der Waals surface area (Å²) in [5.74, 6) is -0.642. The second-order valence-electron chi connectivity index (χ2n) is 7.23. The van der Waals surface area contributed by atoms with Crippen molar-refractivity contribution >= 4 is 11.8 Å². The van der Waals surface area contributed by atoms with Gasteiger partial charge in [0.1, 0.15) is 11.5 Å². The Labute approximate surface area is 174 Å². The van der Waals surface area contributed by atoms with E-state index in [4.69, 9.17) is 0 Å². The van der Waals surface area contributed by atoms with Crippen LogP contribution >= 0.6 is 0 Å². The highest BCUT2D eigenvalue weighted by molar-refractivity contribution is 5.95. The van der Waals surface area contributed by atoms with Gasteiger partial charge in [-0.1, -0.05) is 31.2 Å². The number of amides is 2. The second-order valence-corrected chi connectivity index (χ2v) is 7.23. The lowest BCUT2D eigenvalue weighted by Crippen LogP contribution is -2.50. The maximum Gasteiger partial charge on any atom is 0.274 e. The molecule has 0 radical (unpaired) electrons. The summed E-state index contributed by atoms with van der Waals surface area (Å²) < 4.78 is 15.3. The predicted octanol–water partition coefficient (Wildman–Crippen LogP) is 3.17. The van der Waals surface area contributed by atoms with Gasteiger partial charge < -0.3 is 9.80 Å². The van der Waals surface area contributed by atoms with Crippen molar-refractivity contribution in [2.24, 2.45) is 0 Å². The number of benzene rings is 2. The topological polar surface area (TPSA) is 58.4 Å². The van der Waals surface area contributed by atoms with Gasteiger partial charge in [0.2, 0.25) is 0 Å². The molecule has 154 valence electrons. The highest BCUT2D eigenvalue weighted by Gasteiger charge is 2.26. The minimum atomic E-state index is -0.404. The van der Waals surface area contributed by atoms with Crippen molar-refractivity contribution in [1.82, 2.24) is 19.6 Å². The van der Waals surface area contributed by atoms with E-state index in [2.05, 4.69) is 12.0 Å². The van der Waals surface area contributed by atoms with Gasteiger partial charge >= 0.3 is 0 Å². The van der Waals surface area contributed by atoms with Crippen molar-refractivity contribution in [3.63, 3.8) is 0 Å². The first-order valence-corrected chi connectivity index (χ1v) is 10.0. The van der Waals surface area contributed by atoms with E-state index in [0.717, 1.165) is 6.42 Å². The summed E-state index contributed by atoms with van der Waals surface area (Å²) in [6, 6.07) is 15.5. The van der Waals surface area contributed by atoms with Gasteiger partial charge in [-0.2, -0.15) is 5.10 Å². The van der Waals surface area contributed by atoms with E-state index >= 15 is 0 Å². The Bertz CT molecular complexity index is 1050. The van der Waals surface area contributed by atoms with Crippen LogP contribution in [0.3, 0.4) is 0 Å². The molecule has 4 rings (SSSR count). The average molecular weight is 406 g/mol. The van der Waals surface area contributed by atoms with E-state index in [1.54, 1.807) is 40.3 Å². The molecule has 0 aliphatic carbocycles. The molecule has 2 amide bonds. The van der Waals surface area contributed by atoms with E-state index in [-0.39, 0.29) is 17.5 Å². The molecule has 0 atom stereocenters. The molecule has 2 heterocycles. The number of para-hydroxylation sites is 1. The van der Waals surface area contributed by atoms with E-state index in [1.165, 1.54) is 16.3 Å². The Hall–Kier alpha value is -3.48. The molecule has 0 unspecified atom stereocenters. The first-order valence-electron chi connectivity index (χ1n) is 10.0. The van der Waals surface area contributed by atoms with Gasteiger partial charge in [-0.25, -0.2) is 9.07 Å². The SMILES string of the molecule is CCc1ccc(C(=O)N2CCN(C(=O)c3ccn(-c4ccccc4F)n3)CC2)cc1. The fraction of sp³-hybridized carbons (Fsp3) is 0.261. The summed E-state index contributed by atoms with van der Waals surface area (Å²) in [5.41, 5.74) is 2.40. The Morgan fingerprint density at radius 2 is 1.53 bits per heavy atom. The van der Waals surface area contributed by atoms with Crippen LogP contribution in [-0.2, 0) is 6.42 Å². The molecule has 3 aromatic rings. The molecule has 1 fully saturated rings. The van der Waals surface area contributed by atoms with Crippen LogP contribution in [-0.4, -0.2) is 57.6 Å². The number of aromatic nitrogens is 2. The maximum atomic E-state index is 13.9. The smallest absolute Gasteiger partial charge is 0.274 e. The lowest BCUT2D eigenvalue weighted by molar-refractivity contribution is 0.0532. The highest BCUT2D eigenvalue weighted by atomic mass is 19.1. The van der Waals surface area contributed by atoms with Gasteiger partial charge in [0, 0.05) is 37.9 Å². The molecular weight excluding hydrogens is 383 g/mol. The summed E-state index contributed by atoms with van der Waals surface area (Å²) in [5, 5.41) is 4.24. The number of hydrogen-bond acceptors (Lipinski definition) is 3. The molecule has 0 bridgehead atoms. The molecule has 1 aliphatic rings. The van der Waals surface area contributed by atoms with Crippen LogP contribution in [0.15, 0.2) is 60.8 Å². The lowest BCUT2D eigenvalue weighted by Gasteiger charge is -2.34. The number of aryl methyl sites for hydroxylation is 1. The van der Waals surface area contributed by atoms with Crippen molar-refractivity contribution < 1.29 is 14.0 Å². The first kappa shape index (κ1) is 19.8. The minimum Gasteiger partial charge on any atom is -0.335 e. The Morgan fingerprint density at radius 3 is 2.17 bits per heavy atom. The Balaban J connectivity index is 1.39. The summed E-state index contributed by atoms with van der Waals surface area (Å²) in [6.07, 6.45) is 2.51. The summed E-state index contributed by atoms with van der Waals surface area (Å²) in [7, 11) is 0. The predicted molar refractivity (Wildman–Crippen MR) is 111 cm³/mol. The minimum absolute atomic E-state index is 0.0198. The van der Waals surface area contributed by atoms with Crippen LogP contribution in [0, 0.1) is 5.82 Å². The van der Waals surface area contributed by atoms with Crippen molar-refractivity contribution in [3.8, 4) is 5.69 Å². The van der Waals surface area contributed by atoms with Crippen LogP contribution in [0.25, 0.3) is 5.69 Å². The van der Waals surface area contributed by atoms with E-state index in [1.807, 2.05) is 24.3 Å². The van der Waals surface area contributed by atoms with Gasteiger partial charge in [0.05, 0.1) is 0 Å². The largest absolute Gasteiger partial charge is 0.335 e. The quantitative estimate of drug-likeness (QED) is 0.669. The summed E-state index contributed by atoms with van der Waals surface area (Å²) in [4.78, 5) is 29.0. The van der Waals surface area contributed by atoms with Crippen LogP contribution in [0.1, 0.15) is 33.3 Å². The number of carbonyl (C=O) groups excluding carboxylic acids is 2. The molecule has 0 saturated carbocycles. The van der Waals surface area contributed by atoms with Crippen molar-refractivity contribution in [3.05, 3.63) is 83.4 Å². The zero-order valence-corrected chi connectivity index (χ0v) is 16.8. The van der Waals surface area contributed by atoms with E-state index in [9.17, 15) is 14.0 Å². The third kappa shape index (κ3) is 3.96. The number of rotatable bonds is 4. The lowest BCUT2D eigenvalue weighted by atomic mass is 10.1. The van der Waals surface area contributed by atoms with E-state index in [0.29, 0.717) is 37.4 Å². The number of nitrogens with zero attached hydrogens (tertiary/aromatic N) is 4. The molecular formula is C23H23FN4O2. The number of halogens is 1. The molecule has 2 aromatic carbocycles. The van der Waals surface area contributed by atoms with Gasteiger partial charge in [0.15, 0.2) is 5.69 Å². The van der Waals surface area contributed by atoms with Gasteiger partial charge in [-0.15, -0.1) is 0 Å². The zero-order valence-electron chi connectivity index (χ0n) is 16.8. The second kappa shape index (κ2) is 8.49. The molecule has 7 heteroatoms. The van der Waals surface area contributed by atoms with Crippen LogP contribution in [0.4, 0.5) is 4.39 Å². The fourth-order valence-electron chi connectivity index (χ4n) is 3.55. The molecule has 0 spiro atoms. The number of piperazine rings is 1.